The number of rotatable bonds is 14. The van der Waals surface area contributed by atoms with Crippen molar-refractivity contribution in [3.05, 3.63) is 46.0 Å². The van der Waals surface area contributed by atoms with Crippen LogP contribution in [0.1, 0.15) is 58.9 Å². The van der Waals surface area contributed by atoms with Gasteiger partial charge in [-0.1, -0.05) is 36.7 Å². The smallest absolute Gasteiger partial charge is 0.407 e. The number of nitrogens with zero attached hydrogens (tertiary/aromatic N) is 3. The Hall–Kier alpha value is -4.14. The largest absolute Gasteiger partial charge is 0.444 e. The number of carbonyl (C=O) groups is 3. The minimum absolute atomic E-state index is 0.0700. The van der Waals surface area contributed by atoms with Crippen molar-refractivity contribution in [3.63, 3.8) is 0 Å². The molecule has 43 heavy (non-hydrogen) atoms. The Morgan fingerprint density at radius 2 is 1.72 bits per heavy atom. The van der Waals surface area contributed by atoms with Crippen molar-refractivity contribution in [2.45, 2.75) is 76.7 Å². The first kappa shape index (κ1) is 33.4. The second kappa shape index (κ2) is 15.4. The number of ether oxygens (including phenoxy) is 1. The fraction of sp³-hybridized carbons (Fsp3) is 0.500. The molecule has 0 spiro atoms. The number of carbonyl (C=O) groups excluding carboxylic acids is 3. The molecule has 0 aliphatic rings. The maximum absolute atomic E-state index is 13.5. The summed E-state index contributed by atoms with van der Waals surface area (Å²) in [6.07, 6.45) is 2.76. The van der Waals surface area contributed by atoms with Crippen LogP contribution in [0.2, 0.25) is 0 Å². The van der Waals surface area contributed by atoms with E-state index >= 15 is 0 Å². The lowest BCUT2D eigenvalue weighted by Gasteiger charge is -2.19. The summed E-state index contributed by atoms with van der Waals surface area (Å²) in [6, 6.07) is 5.01. The number of hydrogen-bond acceptors (Lipinski definition) is 9. The van der Waals surface area contributed by atoms with Crippen molar-refractivity contribution in [1.82, 2.24) is 35.5 Å². The van der Waals surface area contributed by atoms with Gasteiger partial charge in [0.25, 0.3) is 5.56 Å². The van der Waals surface area contributed by atoms with Crippen molar-refractivity contribution in [3.8, 4) is 0 Å². The summed E-state index contributed by atoms with van der Waals surface area (Å²) in [5.41, 5.74) is 5.76. The Morgan fingerprint density at radius 3 is 2.35 bits per heavy atom. The highest BCUT2D eigenvalue weighted by Crippen LogP contribution is 2.24. The van der Waals surface area contributed by atoms with Crippen LogP contribution in [0.5, 0.6) is 0 Å². The quantitative estimate of drug-likeness (QED) is 0.134. The van der Waals surface area contributed by atoms with Crippen molar-refractivity contribution in [1.29, 1.82) is 0 Å². The van der Waals surface area contributed by atoms with Gasteiger partial charge in [-0.2, -0.15) is 4.98 Å². The van der Waals surface area contributed by atoms with Crippen LogP contribution in [0.3, 0.4) is 0 Å². The number of nitrogens with one attached hydrogen (secondary N) is 4. The number of thioether (sulfide) groups is 1. The Balaban J connectivity index is 1.57. The lowest BCUT2D eigenvalue weighted by Crippen LogP contribution is -2.47. The predicted octanol–water partition coefficient (Wildman–Crippen LogP) is 2.69. The molecule has 0 aliphatic heterocycles. The van der Waals surface area contributed by atoms with Crippen LogP contribution in [-0.2, 0) is 20.9 Å². The van der Waals surface area contributed by atoms with Crippen LogP contribution >= 0.6 is 11.8 Å². The highest BCUT2D eigenvalue weighted by Gasteiger charge is 2.23. The standard InChI is InChI=1S/C28H39FN8O5S/c1-17(38)33-20(23(39)31-13-7-5-6-8-14-32-27(41)42-28(2,3)4)16-43-26-34-21-22(35-25(30)36-24(21)40)37(26)15-18-9-11-19(29)12-10-18/h9-12,20H,5-8,13-16H2,1-4H3,(H,31,39)(H,32,41)(H,33,38)(H3,30,35,36,40)/t20-/m0/s1. The molecule has 0 fully saturated rings. The number of nitrogens with two attached hydrogens (primary N) is 1. The zero-order valence-electron chi connectivity index (χ0n) is 24.8. The van der Waals surface area contributed by atoms with E-state index in [2.05, 4.69) is 30.9 Å². The lowest BCUT2D eigenvalue weighted by atomic mass is 10.2. The number of H-pyrrole nitrogens is 1. The molecule has 0 saturated carbocycles. The molecular weight excluding hydrogens is 579 g/mol. The number of anilines is 1. The molecule has 1 atom stereocenters. The Kier molecular flexibility index (Phi) is 11.9. The van der Waals surface area contributed by atoms with E-state index in [-0.39, 0.29) is 47.0 Å². The van der Waals surface area contributed by atoms with Crippen LogP contribution in [0.15, 0.2) is 34.2 Å². The molecule has 0 radical (unpaired) electrons. The summed E-state index contributed by atoms with van der Waals surface area (Å²) in [6.45, 7) is 7.88. The minimum atomic E-state index is -0.865. The molecular formula is C28H39FN8O5S. The number of alkyl carbamates (subject to hydrolysis) is 1. The Bertz CT molecular complexity index is 1470. The number of amides is 3. The summed E-state index contributed by atoms with van der Waals surface area (Å²) >= 11 is 1.17. The number of nitrogen functional groups attached to an aromatic ring is 1. The number of fused-ring (bicyclic) bond motifs is 1. The molecule has 2 heterocycles. The molecule has 3 aromatic rings. The second-order valence-electron chi connectivity index (χ2n) is 10.9. The first-order chi connectivity index (χ1) is 20.3. The summed E-state index contributed by atoms with van der Waals surface area (Å²) < 4.78 is 20.3. The van der Waals surface area contributed by atoms with E-state index in [0.29, 0.717) is 18.2 Å². The predicted molar refractivity (Wildman–Crippen MR) is 162 cm³/mol. The van der Waals surface area contributed by atoms with Gasteiger partial charge in [-0.15, -0.1) is 0 Å². The average molecular weight is 619 g/mol. The number of unbranched alkanes of at least 4 members (excludes halogenated alkanes) is 3. The average Bonchev–Trinajstić information content (AvgIpc) is 3.25. The molecule has 3 rings (SSSR count). The van der Waals surface area contributed by atoms with Gasteiger partial charge >= 0.3 is 6.09 Å². The fourth-order valence-electron chi connectivity index (χ4n) is 4.06. The van der Waals surface area contributed by atoms with Crippen LogP contribution in [0.4, 0.5) is 15.1 Å². The first-order valence-electron chi connectivity index (χ1n) is 14.0. The van der Waals surface area contributed by atoms with Gasteiger partial charge in [-0.05, 0) is 51.3 Å². The van der Waals surface area contributed by atoms with E-state index in [9.17, 15) is 23.6 Å². The monoisotopic (exact) mass is 618 g/mol. The van der Waals surface area contributed by atoms with E-state index in [1.165, 1.54) is 30.8 Å². The van der Waals surface area contributed by atoms with E-state index in [0.717, 1.165) is 31.2 Å². The topological polar surface area (TPSA) is 186 Å². The van der Waals surface area contributed by atoms with E-state index < -0.39 is 23.3 Å². The number of aromatic amines is 1. The van der Waals surface area contributed by atoms with Crippen LogP contribution < -0.4 is 27.2 Å². The molecule has 0 unspecified atom stereocenters. The van der Waals surface area contributed by atoms with Crippen molar-refractivity contribution >= 4 is 46.8 Å². The Labute approximate surface area is 252 Å². The molecule has 6 N–H and O–H groups in total. The summed E-state index contributed by atoms with van der Waals surface area (Å²) in [5.74, 6) is -1.06. The number of aromatic nitrogens is 4. The van der Waals surface area contributed by atoms with Crippen LogP contribution in [-0.4, -0.2) is 67.9 Å². The molecule has 2 aromatic heterocycles. The van der Waals surface area contributed by atoms with Crippen molar-refractivity contribution < 1.29 is 23.5 Å². The van der Waals surface area contributed by atoms with Crippen molar-refractivity contribution in [2.75, 3.05) is 24.6 Å². The van der Waals surface area contributed by atoms with Crippen LogP contribution in [0, 0.1) is 5.82 Å². The number of hydrogen-bond donors (Lipinski definition) is 5. The third-order valence-corrected chi connectivity index (χ3v) is 7.06. The maximum atomic E-state index is 13.5. The second-order valence-corrected chi connectivity index (χ2v) is 11.9. The Morgan fingerprint density at radius 1 is 1.07 bits per heavy atom. The first-order valence-corrected chi connectivity index (χ1v) is 15.0. The molecule has 3 amide bonds. The summed E-state index contributed by atoms with van der Waals surface area (Å²) in [7, 11) is 0. The van der Waals surface area contributed by atoms with Gasteiger partial charge in [-0.3, -0.25) is 23.9 Å². The SMILES string of the molecule is CC(=O)N[C@@H](CSc1nc2c(=O)[nH]c(N)nc2n1Cc1ccc(F)cc1)C(=O)NCCCCCCNC(=O)OC(C)(C)C. The maximum Gasteiger partial charge on any atom is 0.407 e. The zero-order chi connectivity index (χ0) is 31.6. The van der Waals surface area contributed by atoms with Crippen LogP contribution in [0.25, 0.3) is 11.2 Å². The third kappa shape index (κ3) is 10.9. The van der Waals surface area contributed by atoms with Gasteiger partial charge in [0.05, 0.1) is 6.54 Å². The zero-order valence-corrected chi connectivity index (χ0v) is 25.6. The normalized spacial score (nSPS) is 12.1. The van der Waals surface area contributed by atoms with E-state index in [1.54, 1.807) is 37.5 Å². The number of halogens is 1. The van der Waals surface area contributed by atoms with Gasteiger partial charge < -0.3 is 26.4 Å². The molecule has 1 aromatic carbocycles. The molecule has 0 aliphatic carbocycles. The number of imidazole rings is 1. The lowest BCUT2D eigenvalue weighted by molar-refractivity contribution is -0.127. The van der Waals surface area contributed by atoms with Gasteiger partial charge in [0.15, 0.2) is 16.3 Å². The summed E-state index contributed by atoms with van der Waals surface area (Å²) in [4.78, 5) is 60.1. The third-order valence-electron chi connectivity index (χ3n) is 5.99. The number of benzene rings is 1. The fourth-order valence-corrected chi connectivity index (χ4v) is 5.07. The molecule has 0 bridgehead atoms. The van der Waals surface area contributed by atoms with Gasteiger partial charge in [0, 0.05) is 25.8 Å². The molecule has 15 heteroatoms. The summed E-state index contributed by atoms with van der Waals surface area (Å²) in [5, 5.41) is 8.63. The molecule has 234 valence electrons. The molecule has 0 saturated heterocycles. The highest BCUT2D eigenvalue weighted by atomic mass is 32.2. The minimum Gasteiger partial charge on any atom is -0.444 e. The van der Waals surface area contributed by atoms with E-state index in [4.69, 9.17) is 10.5 Å². The van der Waals surface area contributed by atoms with Gasteiger partial charge in [0.1, 0.15) is 17.5 Å². The highest BCUT2D eigenvalue weighted by molar-refractivity contribution is 7.99. The van der Waals surface area contributed by atoms with Gasteiger partial charge in [-0.25, -0.2) is 14.2 Å². The van der Waals surface area contributed by atoms with E-state index in [1.807, 2.05) is 0 Å². The van der Waals surface area contributed by atoms with Crippen molar-refractivity contribution in [2.24, 2.45) is 0 Å². The van der Waals surface area contributed by atoms with Gasteiger partial charge in [0.2, 0.25) is 17.8 Å². The molecule has 13 nitrogen and oxygen atoms in total.